The fourth-order valence-corrected chi connectivity index (χ4v) is 3.56. The van der Waals surface area contributed by atoms with E-state index >= 15 is 0 Å². The fourth-order valence-electron chi connectivity index (χ4n) is 3.56. The van der Waals surface area contributed by atoms with Gasteiger partial charge in [-0.3, -0.25) is 9.59 Å². The van der Waals surface area contributed by atoms with Crippen molar-refractivity contribution in [2.75, 3.05) is 26.9 Å². The topological polar surface area (TPSA) is 96.3 Å². The summed E-state index contributed by atoms with van der Waals surface area (Å²) < 4.78 is 10.5. The molecule has 7 nitrogen and oxygen atoms in total. The molecule has 3 rings (SSSR count). The van der Waals surface area contributed by atoms with Gasteiger partial charge in [0.1, 0.15) is 5.76 Å². The molecule has 0 spiro atoms. The van der Waals surface area contributed by atoms with E-state index in [0.717, 1.165) is 0 Å². The lowest BCUT2D eigenvalue weighted by atomic mass is 9.95. The van der Waals surface area contributed by atoms with Crippen LogP contribution in [0.2, 0.25) is 0 Å². The number of aliphatic hydroxyl groups excluding tert-OH is 1. The number of hydrogen-bond acceptors (Lipinski definition) is 6. The van der Waals surface area contributed by atoms with Crippen molar-refractivity contribution < 1.29 is 29.3 Å². The lowest BCUT2D eigenvalue weighted by molar-refractivity contribution is -0.140. The summed E-state index contributed by atoms with van der Waals surface area (Å²) in [4.78, 5) is 27.1. The lowest BCUT2D eigenvalue weighted by Gasteiger charge is -2.25. The number of aromatic hydroxyl groups is 1. The number of likely N-dealkylation sites (tertiary alicyclic amines) is 1. The molecule has 1 aliphatic heterocycles. The molecule has 2 aromatic carbocycles. The second-order valence-electron chi connectivity index (χ2n) is 6.87. The van der Waals surface area contributed by atoms with E-state index in [2.05, 4.69) is 0 Å². The highest BCUT2D eigenvalue weighted by atomic mass is 16.5. The molecule has 1 saturated heterocycles. The first-order valence-electron chi connectivity index (χ1n) is 9.78. The zero-order valence-corrected chi connectivity index (χ0v) is 17.0. The van der Waals surface area contributed by atoms with Crippen LogP contribution in [0.25, 0.3) is 5.76 Å². The highest BCUT2D eigenvalue weighted by Crippen LogP contribution is 2.41. The Morgan fingerprint density at radius 3 is 2.53 bits per heavy atom. The third-order valence-corrected chi connectivity index (χ3v) is 4.93. The van der Waals surface area contributed by atoms with Crippen molar-refractivity contribution in [3.8, 4) is 11.5 Å². The van der Waals surface area contributed by atoms with Crippen LogP contribution < -0.4 is 4.74 Å². The van der Waals surface area contributed by atoms with Gasteiger partial charge in [0.25, 0.3) is 11.7 Å². The molecule has 30 heavy (non-hydrogen) atoms. The molecule has 1 amide bonds. The Kier molecular flexibility index (Phi) is 6.74. The van der Waals surface area contributed by atoms with E-state index in [-0.39, 0.29) is 29.4 Å². The number of methoxy groups -OCH3 is 1. The highest BCUT2D eigenvalue weighted by molar-refractivity contribution is 6.46. The van der Waals surface area contributed by atoms with Crippen molar-refractivity contribution in [1.82, 2.24) is 4.90 Å². The van der Waals surface area contributed by atoms with Crippen molar-refractivity contribution in [2.45, 2.75) is 19.4 Å². The minimum atomic E-state index is -0.804. The van der Waals surface area contributed by atoms with Gasteiger partial charge in [0.05, 0.1) is 18.2 Å². The fraction of sp³-hybridized carbons (Fsp3) is 0.304. The summed E-state index contributed by atoms with van der Waals surface area (Å²) in [7, 11) is 1.56. The van der Waals surface area contributed by atoms with E-state index in [4.69, 9.17) is 9.47 Å². The van der Waals surface area contributed by atoms with Gasteiger partial charge >= 0.3 is 0 Å². The normalized spacial score (nSPS) is 18.1. The largest absolute Gasteiger partial charge is 0.507 e. The SMILES string of the molecule is CCOc1cc(C2/C(=C(\O)c3ccccc3)C(=O)C(=O)N2CCCOC)ccc1O. The maximum absolute atomic E-state index is 12.9. The Labute approximate surface area is 175 Å². The number of ether oxygens (including phenoxy) is 2. The summed E-state index contributed by atoms with van der Waals surface area (Å²) in [5.74, 6) is -1.46. The number of carbonyl (C=O) groups is 2. The minimum Gasteiger partial charge on any atom is -0.507 e. The van der Waals surface area contributed by atoms with Crippen molar-refractivity contribution in [3.05, 3.63) is 65.2 Å². The first-order chi connectivity index (χ1) is 14.5. The van der Waals surface area contributed by atoms with Gasteiger partial charge < -0.3 is 24.6 Å². The van der Waals surface area contributed by atoms with Gasteiger partial charge in [0.15, 0.2) is 11.5 Å². The van der Waals surface area contributed by atoms with E-state index in [1.807, 2.05) is 0 Å². The van der Waals surface area contributed by atoms with Crippen LogP contribution in [0.1, 0.15) is 30.5 Å². The third-order valence-electron chi connectivity index (χ3n) is 4.93. The standard InChI is InChI=1S/C23H25NO6/c1-3-30-18-14-16(10-11-17(18)25)20-19(21(26)15-8-5-4-6-9-15)22(27)23(28)24(20)12-7-13-29-2/h4-6,8-11,14,20,25-26H,3,7,12-13H2,1-2H3/b21-19+. The molecular weight excluding hydrogens is 386 g/mol. The first-order valence-corrected chi connectivity index (χ1v) is 9.78. The molecule has 1 aliphatic rings. The molecule has 1 atom stereocenters. The molecule has 7 heteroatoms. The number of nitrogens with zero attached hydrogens (tertiary/aromatic N) is 1. The lowest BCUT2D eigenvalue weighted by Crippen LogP contribution is -2.31. The summed E-state index contributed by atoms with van der Waals surface area (Å²) in [6.45, 7) is 2.83. The van der Waals surface area contributed by atoms with Gasteiger partial charge in [-0.25, -0.2) is 0 Å². The molecule has 1 fully saturated rings. The first kappa shape index (κ1) is 21.4. The van der Waals surface area contributed by atoms with Crippen LogP contribution in [0, 0.1) is 0 Å². The van der Waals surface area contributed by atoms with E-state index in [9.17, 15) is 19.8 Å². The van der Waals surface area contributed by atoms with Crippen molar-refractivity contribution in [1.29, 1.82) is 0 Å². The van der Waals surface area contributed by atoms with Crippen molar-refractivity contribution in [3.63, 3.8) is 0 Å². The van der Waals surface area contributed by atoms with Crippen LogP contribution in [-0.2, 0) is 14.3 Å². The average molecular weight is 411 g/mol. The van der Waals surface area contributed by atoms with Crippen LogP contribution in [0.5, 0.6) is 11.5 Å². The molecule has 0 aliphatic carbocycles. The van der Waals surface area contributed by atoms with Crippen molar-refractivity contribution in [2.24, 2.45) is 0 Å². The maximum Gasteiger partial charge on any atom is 0.295 e. The number of ketones is 1. The van der Waals surface area contributed by atoms with E-state index < -0.39 is 17.7 Å². The summed E-state index contributed by atoms with van der Waals surface area (Å²) >= 11 is 0. The number of carbonyl (C=O) groups excluding carboxylic acids is 2. The number of Topliss-reactive ketones (excluding diaryl/α,β-unsaturated/α-hetero) is 1. The van der Waals surface area contributed by atoms with Gasteiger partial charge in [-0.15, -0.1) is 0 Å². The molecule has 158 valence electrons. The number of hydrogen-bond donors (Lipinski definition) is 2. The maximum atomic E-state index is 12.9. The second-order valence-corrected chi connectivity index (χ2v) is 6.87. The molecular formula is C23H25NO6. The molecule has 0 bridgehead atoms. The zero-order valence-electron chi connectivity index (χ0n) is 17.0. The second kappa shape index (κ2) is 9.45. The number of phenolic OH excluding ortho intramolecular Hbond substituents is 1. The van der Waals surface area contributed by atoms with E-state index in [0.29, 0.717) is 30.8 Å². The van der Waals surface area contributed by atoms with Crippen LogP contribution in [0.3, 0.4) is 0 Å². The Hall–Kier alpha value is -3.32. The van der Waals surface area contributed by atoms with Gasteiger partial charge in [0, 0.05) is 25.8 Å². The molecule has 0 aromatic heterocycles. The zero-order chi connectivity index (χ0) is 21.7. The van der Waals surface area contributed by atoms with Gasteiger partial charge in [0.2, 0.25) is 0 Å². The minimum absolute atomic E-state index is 0.0109. The summed E-state index contributed by atoms with van der Waals surface area (Å²) in [6, 6.07) is 12.5. The Morgan fingerprint density at radius 2 is 1.87 bits per heavy atom. The monoisotopic (exact) mass is 411 g/mol. The van der Waals surface area contributed by atoms with Gasteiger partial charge in [-0.05, 0) is 31.0 Å². The number of benzene rings is 2. The smallest absolute Gasteiger partial charge is 0.295 e. The van der Waals surface area contributed by atoms with Crippen LogP contribution in [0.15, 0.2) is 54.1 Å². The number of rotatable bonds is 8. The molecule has 0 saturated carbocycles. The van der Waals surface area contributed by atoms with E-state index in [1.165, 1.54) is 11.0 Å². The van der Waals surface area contributed by atoms with Crippen molar-refractivity contribution >= 4 is 17.4 Å². The van der Waals surface area contributed by atoms with Gasteiger partial charge in [-0.2, -0.15) is 0 Å². The summed E-state index contributed by atoms with van der Waals surface area (Å²) in [5, 5.41) is 21.0. The quantitative estimate of drug-likeness (QED) is 0.300. The Bertz CT molecular complexity index is 953. The molecule has 0 radical (unpaired) electrons. The third kappa shape index (κ3) is 4.16. The average Bonchev–Trinajstić information content (AvgIpc) is 3.01. The van der Waals surface area contributed by atoms with E-state index in [1.54, 1.807) is 56.5 Å². The molecule has 2 aromatic rings. The van der Waals surface area contributed by atoms with Crippen LogP contribution >= 0.6 is 0 Å². The van der Waals surface area contributed by atoms with Crippen LogP contribution in [-0.4, -0.2) is 53.7 Å². The molecule has 2 N–H and O–H groups in total. The number of aliphatic hydroxyl groups is 1. The Morgan fingerprint density at radius 1 is 1.13 bits per heavy atom. The van der Waals surface area contributed by atoms with Crippen LogP contribution in [0.4, 0.5) is 0 Å². The summed E-state index contributed by atoms with van der Waals surface area (Å²) in [5.41, 5.74) is 1.02. The number of amides is 1. The molecule has 1 unspecified atom stereocenters. The predicted octanol–water partition coefficient (Wildman–Crippen LogP) is 3.25. The highest BCUT2D eigenvalue weighted by Gasteiger charge is 2.46. The summed E-state index contributed by atoms with van der Waals surface area (Å²) in [6.07, 6.45) is 0.530. The van der Waals surface area contributed by atoms with Gasteiger partial charge in [-0.1, -0.05) is 36.4 Å². The molecule has 1 heterocycles. The Balaban J connectivity index is 2.14. The predicted molar refractivity (Wildman–Crippen MR) is 111 cm³/mol. The number of phenols is 1.